The van der Waals surface area contributed by atoms with Crippen LogP contribution in [0, 0.1) is 5.92 Å². The summed E-state index contributed by atoms with van der Waals surface area (Å²) in [6.45, 7) is 6.24. The summed E-state index contributed by atoms with van der Waals surface area (Å²) in [6.07, 6.45) is 6.40. The lowest BCUT2D eigenvalue weighted by molar-refractivity contribution is -0.201. The molecule has 1 spiro atoms. The van der Waals surface area contributed by atoms with Gasteiger partial charge in [-0.1, -0.05) is 6.07 Å². The highest BCUT2D eigenvalue weighted by Crippen LogP contribution is 2.37. The summed E-state index contributed by atoms with van der Waals surface area (Å²) in [5.41, 5.74) is 1.11. The van der Waals surface area contributed by atoms with Crippen molar-refractivity contribution in [3.05, 3.63) is 23.9 Å². The Morgan fingerprint density at radius 3 is 2.88 bits per heavy atom. The van der Waals surface area contributed by atoms with Gasteiger partial charge in [-0.25, -0.2) is 4.98 Å². The number of rotatable bonds is 6. The Balaban J connectivity index is 1.25. The molecule has 0 aromatic carbocycles. The van der Waals surface area contributed by atoms with Crippen LogP contribution >= 0.6 is 0 Å². The first-order chi connectivity index (χ1) is 12.8. The van der Waals surface area contributed by atoms with Crippen LogP contribution in [-0.2, 0) is 20.8 Å². The number of hydrogen-bond acceptors (Lipinski definition) is 6. The summed E-state index contributed by atoms with van der Waals surface area (Å²) in [5.74, 6) is 1.38. The minimum Gasteiger partial charge on any atom is -0.481 e. The number of likely N-dealkylation sites (tertiary alicyclic amines) is 1. The van der Waals surface area contributed by atoms with Crippen molar-refractivity contribution in [3.8, 4) is 5.88 Å². The predicted octanol–water partition coefficient (Wildman–Crippen LogP) is 2.27. The fraction of sp³-hybridized carbons (Fsp3) is 0.750. The van der Waals surface area contributed by atoms with Gasteiger partial charge < -0.3 is 18.9 Å². The summed E-state index contributed by atoms with van der Waals surface area (Å²) >= 11 is 0. The molecule has 6 heteroatoms. The van der Waals surface area contributed by atoms with Crippen LogP contribution in [0.1, 0.15) is 31.2 Å². The van der Waals surface area contributed by atoms with Crippen molar-refractivity contribution < 1.29 is 18.9 Å². The molecule has 26 heavy (non-hydrogen) atoms. The van der Waals surface area contributed by atoms with Gasteiger partial charge in [-0.15, -0.1) is 0 Å². The van der Waals surface area contributed by atoms with Crippen LogP contribution in [-0.4, -0.2) is 68.2 Å². The first kappa shape index (κ1) is 18.2. The summed E-state index contributed by atoms with van der Waals surface area (Å²) in [6, 6.07) is 4.04. The van der Waals surface area contributed by atoms with Gasteiger partial charge in [0.25, 0.3) is 0 Å². The Morgan fingerprint density at radius 2 is 2.08 bits per heavy atom. The van der Waals surface area contributed by atoms with E-state index in [9.17, 15) is 0 Å². The number of ether oxygens (including phenoxy) is 4. The molecular formula is C20H30N2O4. The van der Waals surface area contributed by atoms with Crippen LogP contribution in [0.2, 0.25) is 0 Å². The average Bonchev–Trinajstić information content (AvgIpc) is 2.67. The normalized spacial score (nSPS) is 26.6. The van der Waals surface area contributed by atoms with E-state index in [1.807, 2.05) is 6.07 Å². The maximum atomic E-state index is 6.26. The van der Waals surface area contributed by atoms with Crippen molar-refractivity contribution in [2.45, 2.75) is 43.9 Å². The maximum absolute atomic E-state index is 6.26. The van der Waals surface area contributed by atoms with Gasteiger partial charge in [0.05, 0.1) is 18.8 Å². The van der Waals surface area contributed by atoms with Crippen molar-refractivity contribution in [1.29, 1.82) is 0 Å². The molecule has 1 aromatic heterocycles. The van der Waals surface area contributed by atoms with Gasteiger partial charge in [-0.3, -0.25) is 4.90 Å². The van der Waals surface area contributed by atoms with E-state index in [1.54, 1.807) is 13.3 Å². The zero-order chi connectivity index (χ0) is 17.8. The second kappa shape index (κ2) is 8.21. The quantitative estimate of drug-likeness (QED) is 0.774. The molecule has 0 amide bonds. The molecule has 3 saturated heterocycles. The van der Waals surface area contributed by atoms with E-state index in [4.69, 9.17) is 18.9 Å². The fourth-order valence-electron chi connectivity index (χ4n) is 4.38. The summed E-state index contributed by atoms with van der Waals surface area (Å²) in [7, 11) is 1.67. The van der Waals surface area contributed by atoms with Crippen LogP contribution < -0.4 is 4.74 Å². The number of aromatic nitrogens is 1. The molecule has 0 N–H and O–H groups in total. The maximum Gasteiger partial charge on any atom is 0.217 e. The van der Waals surface area contributed by atoms with Crippen molar-refractivity contribution in [3.63, 3.8) is 0 Å². The third-order valence-electron chi connectivity index (χ3n) is 5.82. The van der Waals surface area contributed by atoms with Gasteiger partial charge in [-0.2, -0.15) is 0 Å². The van der Waals surface area contributed by atoms with Crippen LogP contribution in [0.25, 0.3) is 0 Å². The van der Waals surface area contributed by atoms with Gasteiger partial charge >= 0.3 is 0 Å². The third kappa shape index (κ3) is 4.19. The lowest BCUT2D eigenvalue weighted by atomic mass is 9.84. The van der Waals surface area contributed by atoms with Gasteiger partial charge in [0.15, 0.2) is 0 Å². The predicted molar refractivity (Wildman–Crippen MR) is 97.3 cm³/mol. The number of methoxy groups -OCH3 is 1. The van der Waals surface area contributed by atoms with E-state index in [2.05, 4.69) is 16.0 Å². The SMILES string of the molecule is COc1ncccc1CN1CC2(C[C@@H](OCC3CCOCC3)CCO2)C1. The molecule has 0 saturated carbocycles. The average molecular weight is 362 g/mol. The molecule has 3 fully saturated rings. The number of nitrogens with zero attached hydrogens (tertiary/aromatic N) is 2. The molecule has 4 rings (SSSR count). The van der Waals surface area contributed by atoms with Crippen molar-refractivity contribution >= 4 is 0 Å². The van der Waals surface area contributed by atoms with E-state index >= 15 is 0 Å². The lowest BCUT2D eigenvalue weighted by Gasteiger charge is -2.53. The molecule has 4 heterocycles. The number of pyridine rings is 1. The third-order valence-corrected chi connectivity index (χ3v) is 5.82. The van der Waals surface area contributed by atoms with Crippen LogP contribution in [0.3, 0.4) is 0 Å². The zero-order valence-electron chi connectivity index (χ0n) is 15.7. The molecule has 3 aliphatic rings. The molecule has 3 aliphatic heterocycles. The highest BCUT2D eigenvalue weighted by atomic mass is 16.5. The molecule has 0 unspecified atom stereocenters. The van der Waals surface area contributed by atoms with Crippen LogP contribution in [0.5, 0.6) is 5.88 Å². The zero-order valence-corrected chi connectivity index (χ0v) is 15.7. The first-order valence-electron chi connectivity index (χ1n) is 9.80. The second-order valence-corrected chi connectivity index (χ2v) is 7.85. The van der Waals surface area contributed by atoms with E-state index < -0.39 is 0 Å². The minimum atomic E-state index is -0.0198. The van der Waals surface area contributed by atoms with E-state index in [0.29, 0.717) is 12.0 Å². The van der Waals surface area contributed by atoms with Gasteiger partial charge in [-0.05, 0) is 31.2 Å². The molecule has 0 bridgehead atoms. The summed E-state index contributed by atoms with van der Waals surface area (Å²) < 4.78 is 23.2. The highest BCUT2D eigenvalue weighted by Gasteiger charge is 2.47. The molecule has 6 nitrogen and oxygen atoms in total. The molecule has 0 radical (unpaired) electrons. The topological polar surface area (TPSA) is 53.1 Å². The van der Waals surface area contributed by atoms with Gasteiger partial charge in [0.2, 0.25) is 5.88 Å². The number of hydrogen-bond donors (Lipinski definition) is 0. The minimum absolute atomic E-state index is 0.0198. The Hall–Kier alpha value is -1.21. The molecule has 1 atom stereocenters. The van der Waals surface area contributed by atoms with E-state index in [1.165, 1.54) is 0 Å². The molecule has 144 valence electrons. The van der Waals surface area contributed by atoms with Crippen LogP contribution in [0.15, 0.2) is 18.3 Å². The molecule has 1 aromatic rings. The second-order valence-electron chi connectivity index (χ2n) is 7.85. The fourth-order valence-corrected chi connectivity index (χ4v) is 4.38. The van der Waals surface area contributed by atoms with Crippen molar-refractivity contribution in [2.75, 3.05) is 46.6 Å². The molecule has 0 aliphatic carbocycles. The smallest absolute Gasteiger partial charge is 0.217 e. The van der Waals surface area contributed by atoms with E-state index in [-0.39, 0.29) is 5.60 Å². The Labute approximate surface area is 155 Å². The monoisotopic (exact) mass is 362 g/mol. The molecular weight excluding hydrogens is 332 g/mol. The Morgan fingerprint density at radius 1 is 1.23 bits per heavy atom. The van der Waals surface area contributed by atoms with Crippen LogP contribution in [0.4, 0.5) is 0 Å². The summed E-state index contributed by atoms with van der Waals surface area (Å²) in [4.78, 5) is 6.69. The standard InChI is InChI=1S/C20H30N2O4/c1-23-19-17(3-2-7-21-19)12-22-14-20(15-22)11-18(6-10-26-20)25-13-16-4-8-24-9-5-16/h2-3,7,16,18H,4-6,8-15H2,1H3/t18-/m0/s1. The lowest BCUT2D eigenvalue weighted by Crippen LogP contribution is -2.65. The highest BCUT2D eigenvalue weighted by molar-refractivity contribution is 5.25. The summed E-state index contributed by atoms with van der Waals surface area (Å²) in [5, 5.41) is 0. The van der Waals surface area contributed by atoms with Gasteiger partial charge in [0, 0.05) is 64.2 Å². The van der Waals surface area contributed by atoms with Crippen molar-refractivity contribution in [1.82, 2.24) is 9.88 Å². The largest absolute Gasteiger partial charge is 0.481 e. The van der Waals surface area contributed by atoms with Gasteiger partial charge in [0.1, 0.15) is 0 Å². The van der Waals surface area contributed by atoms with E-state index in [0.717, 1.165) is 83.2 Å². The van der Waals surface area contributed by atoms with Crippen molar-refractivity contribution in [2.24, 2.45) is 5.92 Å². The Bertz CT molecular complexity index is 585. The Kier molecular flexibility index (Phi) is 5.74. The first-order valence-corrected chi connectivity index (χ1v) is 9.80.